The molecule has 0 saturated carbocycles. The van der Waals surface area contributed by atoms with Gasteiger partial charge in [0.05, 0.1) is 0 Å². The number of benzene rings is 1. The molecule has 0 amide bonds. The van der Waals surface area contributed by atoms with Crippen molar-refractivity contribution in [3.8, 4) is 0 Å². The Hall–Kier alpha value is -1.54. The molecule has 0 saturated heterocycles. The number of nitrogens with one attached hydrogen (secondary N) is 1. The van der Waals surface area contributed by atoms with Crippen molar-refractivity contribution in [2.24, 2.45) is 0 Å². The Bertz CT molecular complexity index is 628. The van der Waals surface area contributed by atoms with Crippen LogP contribution in [0.3, 0.4) is 0 Å². The molecule has 0 radical (unpaired) electrons. The van der Waals surface area contributed by atoms with E-state index in [9.17, 15) is 4.79 Å². The second kappa shape index (κ2) is 4.76. The number of pyridine rings is 1. The van der Waals surface area contributed by atoms with Gasteiger partial charge in [0.25, 0.3) is 5.56 Å². The third-order valence-corrected chi connectivity index (χ3v) is 3.19. The van der Waals surface area contributed by atoms with Crippen molar-refractivity contribution in [2.45, 2.75) is 13.3 Å². The van der Waals surface area contributed by atoms with E-state index in [-0.39, 0.29) is 5.56 Å². The molecule has 1 N–H and O–H groups in total. The summed E-state index contributed by atoms with van der Waals surface area (Å²) in [6, 6.07) is 7.76. The number of halogens is 1. The summed E-state index contributed by atoms with van der Waals surface area (Å²) in [7, 11) is 0. The van der Waals surface area contributed by atoms with Crippen LogP contribution in [-0.2, 0) is 6.42 Å². The molecule has 88 valence electrons. The summed E-state index contributed by atoms with van der Waals surface area (Å²) in [5.41, 5.74) is 3.53. The second-order valence-electron chi connectivity index (χ2n) is 4.02. The van der Waals surface area contributed by atoms with Crippen LogP contribution in [0.4, 0.5) is 0 Å². The molecule has 0 aliphatic rings. The average molecular weight is 248 g/mol. The van der Waals surface area contributed by atoms with Crippen molar-refractivity contribution >= 4 is 28.1 Å². The van der Waals surface area contributed by atoms with Crippen molar-refractivity contribution < 1.29 is 0 Å². The van der Waals surface area contributed by atoms with E-state index in [4.69, 9.17) is 11.6 Å². The number of rotatable bonds is 3. The number of aromatic amines is 1. The largest absolute Gasteiger partial charge is 0.322 e. The number of hydrogen-bond acceptors (Lipinski definition) is 1. The average Bonchev–Trinajstić information content (AvgIpc) is 2.36. The van der Waals surface area contributed by atoms with Gasteiger partial charge in [-0.1, -0.05) is 19.6 Å². The third-order valence-electron chi connectivity index (χ3n) is 2.87. The molecule has 1 aromatic carbocycles. The van der Waals surface area contributed by atoms with Crippen LogP contribution in [0.1, 0.15) is 18.1 Å². The van der Waals surface area contributed by atoms with Gasteiger partial charge in [-0.2, -0.15) is 0 Å². The fourth-order valence-electron chi connectivity index (χ4n) is 1.81. The van der Waals surface area contributed by atoms with Crippen molar-refractivity contribution in [3.05, 3.63) is 52.3 Å². The lowest BCUT2D eigenvalue weighted by Crippen LogP contribution is -2.11. The Balaban J connectivity index is 2.64. The van der Waals surface area contributed by atoms with Crippen LogP contribution >= 0.6 is 11.6 Å². The number of alkyl halides is 1. The molecule has 2 nitrogen and oxygen atoms in total. The molecule has 0 aliphatic carbocycles. The molecule has 1 aromatic heterocycles. The smallest absolute Gasteiger partial charge is 0.251 e. The Morgan fingerprint density at radius 2 is 2.18 bits per heavy atom. The molecule has 0 atom stereocenters. The Morgan fingerprint density at radius 1 is 1.41 bits per heavy atom. The topological polar surface area (TPSA) is 32.9 Å². The Morgan fingerprint density at radius 3 is 2.82 bits per heavy atom. The summed E-state index contributed by atoms with van der Waals surface area (Å²) < 4.78 is 0. The minimum atomic E-state index is -0.0103. The second-order valence-corrected chi connectivity index (χ2v) is 4.28. The lowest BCUT2D eigenvalue weighted by Gasteiger charge is -2.05. The number of allylic oxidation sites excluding steroid dienone is 1. The highest BCUT2D eigenvalue weighted by molar-refractivity contribution is 6.23. The number of H-pyrrole nitrogens is 1. The summed E-state index contributed by atoms with van der Waals surface area (Å²) in [5.74, 6) is 0.412. The van der Waals surface area contributed by atoms with Gasteiger partial charge in [0.1, 0.15) is 0 Å². The number of fused-ring (bicyclic) bond motifs is 1. The highest BCUT2D eigenvalue weighted by atomic mass is 35.5. The van der Waals surface area contributed by atoms with Gasteiger partial charge in [-0.3, -0.25) is 4.79 Å². The van der Waals surface area contributed by atoms with Crippen LogP contribution < -0.4 is 5.56 Å². The van der Waals surface area contributed by atoms with Crippen LogP contribution in [0.5, 0.6) is 0 Å². The molecule has 2 rings (SSSR count). The van der Waals surface area contributed by atoms with Crippen molar-refractivity contribution in [2.75, 3.05) is 5.88 Å². The number of hydrogen-bond donors (Lipinski definition) is 1. The van der Waals surface area contributed by atoms with Gasteiger partial charge in [-0.15, -0.1) is 11.6 Å². The number of aryl methyl sites for hydroxylation is 1. The molecule has 1 heterocycles. The van der Waals surface area contributed by atoms with Crippen molar-refractivity contribution in [1.82, 2.24) is 4.98 Å². The summed E-state index contributed by atoms with van der Waals surface area (Å²) in [5, 5.41) is 1.02. The van der Waals surface area contributed by atoms with E-state index in [0.29, 0.717) is 5.88 Å². The molecule has 0 unspecified atom stereocenters. The van der Waals surface area contributed by atoms with E-state index in [0.717, 1.165) is 34.0 Å². The minimum Gasteiger partial charge on any atom is -0.322 e. The summed E-state index contributed by atoms with van der Waals surface area (Å²) in [6.07, 6.45) is 0.728. The van der Waals surface area contributed by atoms with Gasteiger partial charge in [-0.25, -0.2) is 0 Å². The van der Waals surface area contributed by atoms with Gasteiger partial charge >= 0.3 is 0 Å². The fourth-order valence-corrected chi connectivity index (χ4v) is 1.97. The molecule has 0 fully saturated rings. The molecule has 3 heteroatoms. The first kappa shape index (κ1) is 11.9. The first-order valence-corrected chi connectivity index (χ1v) is 6.09. The van der Waals surface area contributed by atoms with Crippen LogP contribution in [0, 0.1) is 0 Å². The van der Waals surface area contributed by atoms with Gasteiger partial charge in [0, 0.05) is 17.0 Å². The minimum absolute atomic E-state index is 0.0103. The molecule has 0 spiro atoms. The highest BCUT2D eigenvalue weighted by Gasteiger charge is 2.03. The third kappa shape index (κ3) is 2.27. The zero-order chi connectivity index (χ0) is 12.4. The van der Waals surface area contributed by atoms with E-state index in [1.807, 2.05) is 31.2 Å². The summed E-state index contributed by atoms with van der Waals surface area (Å²) >= 11 is 5.76. The fraction of sp³-hybridized carbons (Fsp3) is 0.214. The molecule has 2 aromatic rings. The van der Waals surface area contributed by atoms with Gasteiger partial charge in [0.2, 0.25) is 0 Å². The molecule has 0 aliphatic heterocycles. The summed E-state index contributed by atoms with van der Waals surface area (Å²) in [4.78, 5) is 14.5. The predicted octanol–water partition coefficient (Wildman–Crippen LogP) is 3.34. The number of aromatic nitrogens is 1. The van der Waals surface area contributed by atoms with E-state index in [1.54, 1.807) is 0 Å². The van der Waals surface area contributed by atoms with Crippen molar-refractivity contribution in [1.29, 1.82) is 0 Å². The van der Waals surface area contributed by atoms with E-state index in [2.05, 4.69) is 11.6 Å². The Kier molecular flexibility index (Phi) is 3.34. The van der Waals surface area contributed by atoms with Gasteiger partial charge < -0.3 is 4.98 Å². The highest BCUT2D eigenvalue weighted by Crippen LogP contribution is 2.19. The maximum atomic E-state index is 11.6. The lowest BCUT2D eigenvalue weighted by molar-refractivity contribution is 1.08. The summed E-state index contributed by atoms with van der Waals surface area (Å²) in [6.45, 7) is 5.88. The first-order valence-electron chi connectivity index (χ1n) is 5.55. The molecule has 0 bridgehead atoms. The maximum Gasteiger partial charge on any atom is 0.251 e. The van der Waals surface area contributed by atoms with Crippen molar-refractivity contribution in [3.63, 3.8) is 0 Å². The van der Waals surface area contributed by atoms with Crippen LogP contribution in [0.2, 0.25) is 0 Å². The van der Waals surface area contributed by atoms with Crippen LogP contribution in [0.15, 0.2) is 35.6 Å². The standard InChI is InChI=1S/C14H14ClNO/c1-3-10-6-12-7-11(9(2)8-15)4-5-13(12)16-14(10)17/h4-7H,2-3,8H2,1H3,(H,16,17). The van der Waals surface area contributed by atoms with E-state index < -0.39 is 0 Å². The zero-order valence-corrected chi connectivity index (χ0v) is 10.5. The first-order chi connectivity index (χ1) is 8.15. The predicted molar refractivity (Wildman–Crippen MR) is 73.7 cm³/mol. The maximum absolute atomic E-state index is 11.6. The van der Waals surface area contributed by atoms with E-state index >= 15 is 0 Å². The molecular weight excluding hydrogens is 234 g/mol. The van der Waals surface area contributed by atoms with E-state index in [1.165, 1.54) is 0 Å². The van der Waals surface area contributed by atoms with Gasteiger partial charge in [0.15, 0.2) is 0 Å². The zero-order valence-electron chi connectivity index (χ0n) is 9.72. The lowest BCUT2D eigenvalue weighted by atomic mass is 10.0. The normalized spacial score (nSPS) is 10.7. The quantitative estimate of drug-likeness (QED) is 0.829. The van der Waals surface area contributed by atoms with Crippen LogP contribution in [-0.4, -0.2) is 10.9 Å². The molecule has 17 heavy (non-hydrogen) atoms. The molecular formula is C14H14ClNO. The monoisotopic (exact) mass is 247 g/mol. The van der Waals surface area contributed by atoms with Crippen LogP contribution in [0.25, 0.3) is 16.5 Å². The van der Waals surface area contributed by atoms with Gasteiger partial charge in [-0.05, 0) is 41.1 Å². The SMILES string of the molecule is C=C(CCl)c1ccc2[nH]c(=O)c(CC)cc2c1. The Labute approximate surface area is 105 Å².